The van der Waals surface area contributed by atoms with Gasteiger partial charge >= 0.3 is 5.97 Å². The van der Waals surface area contributed by atoms with Crippen molar-refractivity contribution in [2.24, 2.45) is 0 Å². The molecule has 7 heteroatoms. The van der Waals surface area contributed by atoms with E-state index in [-0.39, 0.29) is 23.8 Å². The molecule has 2 N–H and O–H groups in total. The summed E-state index contributed by atoms with van der Waals surface area (Å²) in [4.78, 5) is 13.0. The molecule has 1 saturated heterocycles. The highest BCUT2D eigenvalue weighted by Gasteiger charge is 2.39. The van der Waals surface area contributed by atoms with E-state index in [4.69, 9.17) is 9.84 Å². The van der Waals surface area contributed by atoms with Crippen LogP contribution in [0.3, 0.4) is 0 Å². The monoisotopic (exact) mass is 404 g/mol. The molecule has 1 aliphatic heterocycles. The van der Waals surface area contributed by atoms with Crippen LogP contribution in [0.2, 0.25) is 0 Å². The van der Waals surface area contributed by atoms with Crippen molar-refractivity contribution in [2.45, 2.75) is 18.4 Å². The van der Waals surface area contributed by atoms with Gasteiger partial charge < -0.3 is 15.2 Å². The summed E-state index contributed by atoms with van der Waals surface area (Å²) in [6, 6.07) is 13.0. The predicted octanol–water partition coefficient (Wildman–Crippen LogP) is 2.50. The third-order valence-electron chi connectivity index (χ3n) is 5.31. The van der Waals surface area contributed by atoms with Crippen molar-refractivity contribution in [1.29, 1.82) is 0 Å². The fraction of sp³-hybridized carbons (Fsp3) is 0.409. The predicted molar refractivity (Wildman–Crippen MR) is 106 cm³/mol. The molecule has 156 valence electrons. The van der Waals surface area contributed by atoms with Crippen LogP contribution < -0.4 is 5.32 Å². The van der Waals surface area contributed by atoms with Crippen LogP contribution in [0.5, 0.6) is 0 Å². The van der Waals surface area contributed by atoms with E-state index in [1.54, 1.807) is 24.3 Å². The van der Waals surface area contributed by atoms with Gasteiger partial charge in [0.2, 0.25) is 0 Å². The Morgan fingerprint density at radius 1 is 1.03 bits per heavy atom. The van der Waals surface area contributed by atoms with E-state index in [1.807, 2.05) is 0 Å². The first-order chi connectivity index (χ1) is 14.0. The number of carboxylic acids is 1. The minimum atomic E-state index is -0.991. The van der Waals surface area contributed by atoms with Gasteiger partial charge in [0.15, 0.2) is 0 Å². The summed E-state index contributed by atoms with van der Waals surface area (Å²) in [5.74, 6) is -1.54. The molecule has 0 unspecified atom stereocenters. The van der Waals surface area contributed by atoms with Crippen LogP contribution in [0, 0.1) is 11.6 Å². The number of halogens is 2. The van der Waals surface area contributed by atoms with Crippen molar-refractivity contribution in [1.82, 2.24) is 10.2 Å². The Balaban J connectivity index is 1.82. The summed E-state index contributed by atoms with van der Waals surface area (Å²) in [7, 11) is 0. The zero-order valence-corrected chi connectivity index (χ0v) is 16.2. The topological polar surface area (TPSA) is 61.8 Å². The van der Waals surface area contributed by atoms with Crippen LogP contribution >= 0.6 is 0 Å². The summed E-state index contributed by atoms with van der Waals surface area (Å²) < 4.78 is 32.0. The molecule has 0 spiro atoms. The number of rotatable bonds is 9. The number of nitrogens with zero attached hydrogens (tertiary/aromatic N) is 1. The third kappa shape index (κ3) is 6.06. The molecule has 2 aromatic carbocycles. The van der Waals surface area contributed by atoms with E-state index >= 15 is 0 Å². The molecule has 3 rings (SSSR count). The number of aliphatic carboxylic acids is 1. The van der Waals surface area contributed by atoms with Crippen LogP contribution in [0.15, 0.2) is 48.5 Å². The van der Waals surface area contributed by atoms with Gasteiger partial charge in [0.05, 0.1) is 6.61 Å². The second kappa shape index (κ2) is 9.91. The average molecular weight is 404 g/mol. The normalized spacial score (nSPS) is 16.6. The number of piperazine rings is 1. The third-order valence-corrected chi connectivity index (χ3v) is 5.31. The first-order valence-electron chi connectivity index (χ1n) is 9.71. The van der Waals surface area contributed by atoms with Gasteiger partial charge in [-0.25, -0.2) is 13.6 Å². The number of carbonyl (C=O) groups is 1. The van der Waals surface area contributed by atoms with Gasteiger partial charge in [-0.3, -0.25) is 4.90 Å². The summed E-state index contributed by atoms with van der Waals surface area (Å²) in [5.41, 5.74) is 1.70. The highest BCUT2D eigenvalue weighted by molar-refractivity contribution is 5.67. The molecular formula is C22H26F2N2O3. The Kier molecular flexibility index (Phi) is 7.30. The van der Waals surface area contributed by atoms with Crippen molar-refractivity contribution in [2.75, 3.05) is 39.4 Å². The van der Waals surface area contributed by atoms with Crippen molar-refractivity contribution in [3.05, 3.63) is 71.3 Å². The number of benzene rings is 2. The number of hydrogen-bond donors (Lipinski definition) is 2. The second-order valence-electron chi connectivity index (χ2n) is 7.44. The van der Waals surface area contributed by atoms with Crippen molar-refractivity contribution in [3.8, 4) is 0 Å². The Hall–Kier alpha value is -2.35. The molecule has 0 radical (unpaired) electrons. The summed E-state index contributed by atoms with van der Waals surface area (Å²) >= 11 is 0. The van der Waals surface area contributed by atoms with E-state index < -0.39 is 5.97 Å². The van der Waals surface area contributed by atoms with Gasteiger partial charge in [0, 0.05) is 31.7 Å². The standard InChI is InChI=1S/C22H26F2N2O3/c23-19-5-1-17(2-6-19)13-22(14-18-3-7-20(24)8-4-18)16-25-9-10-26(22)11-12-29-15-21(27)28/h1-8,25H,9-16H2,(H,27,28). The second-order valence-corrected chi connectivity index (χ2v) is 7.44. The van der Waals surface area contributed by atoms with Gasteiger partial charge in [-0.2, -0.15) is 0 Å². The molecule has 29 heavy (non-hydrogen) atoms. The Bertz CT molecular complexity index is 749. The van der Waals surface area contributed by atoms with E-state index in [9.17, 15) is 13.6 Å². The van der Waals surface area contributed by atoms with E-state index in [0.29, 0.717) is 32.5 Å². The molecule has 5 nitrogen and oxygen atoms in total. The van der Waals surface area contributed by atoms with Crippen molar-refractivity contribution in [3.63, 3.8) is 0 Å². The number of carboxylic acid groups (broad SMARTS) is 1. The Morgan fingerprint density at radius 2 is 1.59 bits per heavy atom. The van der Waals surface area contributed by atoms with Crippen LogP contribution in [-0.4, -0.2) is 60.9 Å². The zero-order chi connectivity index (χ0) is 20.7. The minimum Gasteiger partial charge on any atom is -0.480 e. The number of ether oxygens (including phenoxy) is 1. The summed E-state index contributed by atoms with van der Waals surface area (Å²) in [6.45, 7) is 2.86. The maximum Gasteiger partial charge on any atom is 0.329 e. The quantitative estimate of drug-likeness (QED) is 0.629. The van der Waals surface area contributed by atoms with Crippen LogP contribution in [0.25, 0.3) is 0 Å². The minimum absolute atomic E-state index is 0.276. The SMILES string of the molecule is O=C(O)COCCN1CCNCC1(Cc1ccc(F)cc1)Cc1ccc(F)cc1. The maximum atomic E-state index is 13.4. The van der Waals surface area contributed by atoms with Crippen LogP contribution in [0.4, 0.5) is 8.78 Å². The molecule has 0 aromatic heterocycles. The summed E-state index contributed by atoms with van der Waals surface area (Å²) in [5, 5.41) is 12.2. The van der Waals surface area contributed by atoms with E-state index in [1.165, 1.54) is 24.3 Å². The Morgan fingerprint density at radius 3 is 2.10 bits per heavy atom. The van der Waals surface area contributed by atoms with Gasteiger partial charge in [-0.1, -0.05) is 24.3 Å². The van der Waals surface area contributed by atoms with E-state index in [0.717, 1.165) is 24.2 Å². The lowest BCUT2D eigenvalue weighted by atomic mass is 9.81. The first-order valence-corrected chi connectivity index (χ1v) is 9.71. The largest absolute Gasteiger partial charge is 0.480 e. The lowest BCUT2D eigenvalue weighted by Gasteiger charge is -2.48. The molecule has 1 aliphatic rings. The molecule has 0 atom stereocenters. The smallest absolute Gasteiger partial charge is 0.329 e. The van der Waals surface area contributed by atoms with Crippen LogP contribution in [-0.2, 0) is 22.4 Å². The zero-order valence-electron chi connectivity index (χ0n) is 16.2. The highest BCUT2D eigenvalue weighted by atomic mass is 19.1. The van der Waals surface area contributed by atoms with Crippen LogP contribution in [0.1, 0.15) is 11.1 Å². The summed E-state index contributed by atoms with van der Waals surface area (Å²) in [6.07, 6.45) is 1.35. The van der Waals surface area contributed by atoms with E-state index in [2.05, 4.69) is 10.2 Å². The molecule has 2 aromatic rings. The fourth-order valence-electron chi connectivity index (χ4n) is 3.94. The fourth-order valence-corrected chi connectivity index (χ4v) is 3.94. The first kappa shape index (κ1) is 21.4. The van der Waals surface area contributed by atoms with Gasteiger partial charge in [-0.05, 0) is 48.2 Å². The van der Waals surface area contributed by atoms with Gasteiger partial charge in [-0.15, -0.1) is 0 Å². The molecular weight excluding hydrogens is 378 g/mol. The van der Waals surface area contributed by atoms with Gasteiger partial charge in [0.1, 0.15) is 18.2 Å². The lowest BCUT2D eigenvalue weighted by Crippen LogP contribution is -2.64. The molecule has 1 heterocycles. The number of hydrogen-bond acceptors (Lipinski definition) is 4. The number of nitrogens with one attached hydrogen (secondary N) is 1. The molecule has 1 fully saturated rings. The Labute approximate surface area is 169 Å². The molecule has 0 amide bonds. The maximum absolute atomic E-state index is 13.4. The van der Waals surface area contributed by atoms with Crippen molar-refractivity contribution < 1.29 is 23.4 Å². The van der Waals surface area contributed by atoms with Crippen molar-refractivity contribution >= 4 is 5.97 Å². The van der Waals surface area contributed by atoms with Gasteiger partial charge in [0.25, 0.3) is 0 Å². The molecule has 0 aliphatic carbocycles. The molecule has 0 bridgehead atoms. The molecule has 0 saturated carbocycles. The highest BCUT2D eigenvalue weighted by Crippen LogP contribution is 2.28. The average Bonchev–Trinajstić information content (AvgIpc) is 2.70. The lowest BCUT2D eigenvalue weighted by molar-refractivity contribution is -0.142.